The fourth-order valence-corrected chi connectivity index (χ4v) is 2.35. The van der Waals surface area contributed by atoms with Crippen LogP contribution in [0.1, 0.15) is 12.6 Å². The Morgan fingerprint density at radius 2 is 2.05 bits per heavy atom. The minimum atomic E-state index is 0.598. The predicted octanol–water partition coefficient (Wildman–Crippen LogP) is 3.92. The molecule has 0 aliphatic rings. The summed E-state index contributed by atoms with van der Waals surface area (Å²) < 4.78 is 0.598. The molecule has 19 heavy (non-hydrogen) atoms. The van der Waals surface area contributed by atoms with Gasteiger partial charge in [-0.1, -0.05) is 43.4 Å². The summed E-state index contributed by atoms with van der Waals surface area (Å²) >= 11 is 5.22. The lowest BCUT2D eigenvalue weighted by molar-refractivity contribution is 0.994. The minimum absolute atomic E-state index is 0.598. The van der Waals surface area contributed by atoms with Crippen molar-refractivity contribution in [2.75, 3.05) is 0 Å². The number of H-pyrrole nitrogens is 1. The lowest BCUT2D eigenvalue weighted by Gasteiger charge is -2.06. The number of rotatable bonds is 2. The Morgan fingerprint density at radius 3 is 2.89 bits per heavy atom. The second kappa shape index (κ2) is 4.90. The van der Waals surface area contributed by atoms with E-state index in [1.54, 1.807) is 6.20 Å². The average Bonchev–Trinajstić information content (AvgIpc) is 2.46. The summed E-state index contributed by atoms with van der Waals surface area (Å²) in [5.41, 5.74) is 1.92. The molecule has 1 aromatic carbocycles. The van der Waals surface area contributed by atoms with Crippen LogP contribution in [0, 0.1) is 4.64 Å². The normalized spacial score (nSPS) is 10.8. The van der Waals surface area contributed by atoms with Crippen molar-refractivity contribution in [1.29, 1.82) is 0 Å². The van der Waals surface area contributed by atoms with E-state index in [1.807, 2.05) is 24.3 Å². The van der Waals surface area contributed by atoms with Gasteiger partial charge in [0, 0.05) is 17.3 Å². The molecule has 94 valence electrons. The largest absolute Gasteiger partial charge is 0.342 e. The summed E-state index contributed by atoms with van der Waals surface area (Å²) in [7, 11) is 0. The molecule has 0 atom stereocenters. The molecule has 0 unspecified atom stereocenters. The minimum Gasteiger partial charge on any atom is -0.342 e. The molecule has 2 heterocycles. The smallest absolute Gasteiger partial charge is 0.158 e. The molecule has 0 bridgehead atoms. The second-order valence-electron chi connectivity index (χ2n) is 4.33. The first-order chi connectivity index (χ1) is 9.28. The molecule has 0 aliphatic heterocycles. The van der Waals surface area contributed by atoms with E-state index in [4.69, 9.17) is 12.2 Å². The monoisotopic (exact) mass is 267 g/mol. The first-order valence-electron chi connectivity index (χ1n) is 6.22. The van der Waals surface area contributed by atoms with Crippen LogP contribution in [0.4, 0.5) is 0 Å². The zero-order valence-electron chi connectivity index (χ0n) is 10.6. The lowest BCUT2D eigenvalue weighted by atomic mass is 10.1. The molecular formula is C15H13N3S. The highest BCUT2D eigenvalue weighted by molar-refractivity contribution is 7.71. The van der Waals surface area contributed by atoms with Crippen molar-refractivity contribution in [2.45, 2.75) is 13.3 Å². The van der Waals surface area contributed by atoms with Gasteiger partial charge >= 0.3 is 0 Å². The van der Waals surface area contributed by atoms with Gasteiger partial charge in [-0.2, -0.15) is 0 Å². The Kier molecular flexibility index (Phi) is 3.09. The van der Waals surface area contributed by atoms with Gasteiger partial charge in [0.1, 0.15) is 10.3 Å². The Hall–Kier alpha value is -2.07. The molecule has 0 fully saturated rings. The lowest BCUT2D eigenvalue weighted by Crippen LogP contribution is -1.97. The van der Waals surface area contributed by atoms with Gasteiger partial charge < -0.3 is 4.98 Å². The summed E-state index contributed by atoms with van der Waals surface area (Å²) in [6.07, 6.45) is 2.69. The number of hydrogen-bond donors (Lipinski definition) is 1. The van der Waals surface area contributed by atoms with E-state index < -0.39 is 0 Å². The first kappa shape index (κ1) is 12.0. The summed E-state index contributed by atoms with van der Waals surface area (Å²) in [6.45, 7) is 2.08. The van der Waals surface area contributed by atoms with Crippen molar-refractivity contribution in [3.05, 3.63) is 52.9 Å². The van der Waals surface area contributed by atoms with Crippen LogP contribution >= 0.6 is 12.2 Å². The van der Waals surface area contributed by atoms with E-state index in [9.17, 15) is 0 Å². The first-order valence-corrected chi connectivity index (χ1v) is 6.63. The fraction of sp³-hybridized carbons (Fsp3) is 0.133. The van der Waals surface area contributed by atoms with Crippen molar-refractivity contribution in [3.8, 4) is 11.5 Å². The molecule has 0 radical (unpaired) electrons. The van der Waals surface area contributed by atoms with Gasteiger partial charge in [-0.3, -0.25) is 4.98 Å². The van der Waals surface area contributed by atoms with Crippen LogP contribution in [0.5, 0.6) is 0 Å². The predicted molar refractivity (Wildman–Crippen MR) is 79.5 cm³/mol. The molecule has 0 amide bonds. The van der Waals surface area contributed by atoms with Crippen molar-refractivity contribution in [1.82, 2.24) is 15.0 Å². The van der Waals surface area contributed by atoms with Crippen LogP contribution < -0.4 is 0 Å². The number of nitrogens with zero attached hydrogens (tertiary/aromatic N) is 2. The van der Waals surface area contributed by atoms with Crippen LogP contribution in [0.3, 0.4) is 0 Å². The Balaban J connectivity index is 2.30. The maximum Gasteiger partial charge on any atom is 0.158 e. The van der Waals surface area contributed by atoms with E-state index in [2.05, 4.69) is 34.0 Å². The van der Waals surface area contributed by atoms with Gasteiger partial charge in [-0.25, -0.2) is 4.98 Å². The van der Waals surface area contributed by atoms with Crippen LogP contribution in [-0.4, -0.2) is 15.0 Å². The van der Waals surface area contributed by atoms with E-state index in [0.29, 0.717) is 4.64 Å². The second-order valence-corrected chi connectivity index (χ2v) is 4.75. The van der Waals surface area contributed by atoms with Crippen LogP contribution in [0.2, 0.25) is 0 Å². The topological polar surface area (TPSA) is 41.6 Å². The van der Waals surface area contributed by atoms with E-state index in [-0.39, 0.29) is 0 Å². The number of aromatic amines is 1. The summed E-state index contributed by atoms with van der Waals surface area (Å²) in [4.78, 5) is 12.2. The maximum absolute atomic E-state index is 5.22. The third kappa shape index (κ3) is 2.27. The molecule has 3 rings (SSSR count). The number of hydrogen-bond acceptors (Lipinski definition) is 3. The zero-order chi connectivity index (χ0) is 13.2. The highest BCUT2D eigenvalue weighted by atomic mass is 32.1. The molecule has 1 N–H and O–H groups in total. The summed E-state index contributed by atoms with van der Waals surface area (Å²) in [5.74, 6) is 0.737. The molecule has 0 saturated carbocycles. The summed E-state index contributed by atoms with van der Waals surface area (Å²) in [5, 5.41) is 2.23. The standard InChI is InChI=1S/C15H13N3S/c1-2-11-9-13(19)18-15(17-11)14-12-6-4-3-5-10(12)7-8-16-14/h3-9H,2H2,1H3,(H,17,18,19). The highest BCUT2D eigenvalue weighted by Gasteiger charge is 2.07. The number of aromatic nitrogens is 3. The molecule has 0 spiro atoms. The number of benzene rings is 1. The van der Waals surface area contributed by atoms with Crippen molar-refractivity contribution < 1.29 is 0 Å². The third-order valence-corrected chi connectivity index (χ3v) is 3.29. The molecule has 3 aromatic rings. The van der Waals surface area contributed by atoms with Crippen LogP contribution in [0.15, 0.2) is 42.6 Å². The molecule has 0 aliphatic carbocycles. The maximum atomic E-state index is 5.22. The quantitative estimate of drug-likeness (QED) is 0.716. The van der Waals surface area contributed by atoms with Gasteiger partial charge in [-0.15, -0.1) is 0 Å². The van der Waals surface area contributed by atoms with Crippen molar-refractivity contribution in [3.63, 3.8) is 0 Å². The molecule has 3 nitrogen and oxygen atoms in total. The Morgan fingerprint density at radius 1 is 1.21 bits per heavy atom. The zero-order valence-corrected chi connectivity index (χ0v) is 11.4. The molecule has 0 saturated heterocycles. The van der Waals surface area contributed by atoms with Crippen molar-refractivity contribution in [2.24, 2.45) is 0 Å². The number of pyridine rings is 1. The van der Waals surface area contributed by atoms with Gasteiger partial charge in [0.25, 0.3) is 0 Å². The Bertz CT molecular complexity index is 787. The van der Waals surface area contributed by atoms with Gasteiger partial charge in [0.15, 0.2) is 5.82 Å². The molecule has 4 heteroatoms. The number of nitrogens with one attached hydrogen (secondary N) is 1. The van der Waals surface area contributed by atoms with E-state index >= 15 is 0 Å². The van der Waals surface area contributed by atoms with E-state index in [1.165, 1.54) is 0 Å². The highest BCUT2D eigenvalue weighted by Crippen LogP contribution is 2.23. The molecule has 2 aromatic heterocycles. The Labute approximate surface area is 116 Å². The SMILES string of the molecule is CCc1cc(=S)nc(-c2nccc3ccccc23)[nH]1. The number of fused-ring (bicyclic) bond motifs is 1. The average molecular weight is 267 g/mol. The number of aryl methyl sites for hydroxylation is 1. The van der Waals surface area contributed by atoms with Crippen LogP contribution in [-0.2, 0) is 6.42 Å². The van der Waals surface area contributed by atoms with E-state index in [0.717, 1.165) is 34.4 Å². The third-order valence-electron chi connectivity index (χ3n) is 3.08. The van der Waals surface area contributed by atoms with Crippen molar-refractivity contribution >= 4 is 23.0 Å². The summed E-state index contributed by atoms with van der Waals surface area (Å²) in [6, 6.07) is 12.0. The van der Waals surface area contributed by atoms with Crippen LogP contribution in [0.25, 0.3) is 22.3 Å². The van der Waals surface area contributed by atoms with Gasteiger partial charge in [0.05, 0.1) is 0 Å². The van der Waals surface area contributed by atoms with Gasteiger partial charge in [0.2, 0.25) is 0 Å². The fourth-order valence-electron chi connectivity index (χ4n) is 2.12. The van der Waals surface area contributed by atoms with Gasteiger partial charge in [-0.05, 0) is 23.9 Å². The molecular weight excluding hydrogens is 254 g/mol.